The summed E-state index contributed by atoms with van der Waals surface area (Å²) in [5.74, 6) is 0.761. The number of nitrogens with one attached hydrogen (secondary N) is 1. The molecule has 1 aromatic heterocycles. The van der Waals surface area contributed by atoms with Crippen LogP contribution in [0.4, 0.5) is 5.82 Å². The second-order valence-electron chi connectivity index (χ2n) is 4.69. The Morgan fingerprint density at radius 2 is 2.17 bits per heavy atom. The van der Waals surface area contributed by atoms with Crippen molar-refractivity contribution in [2.75, 3.05) is 25.5 Å². The molecular formula is C13H21BrClN3. The molecule has 0 amide bonds. The highest BCUT2D eigenvalue weighted by molar-refractivity contribution is 9.10. The first-order valence-electron chi connectivity index (χ1n) is 6.26. The molecule has 102 valence electrons. The van der Waals surface area contributed by atoms with Crippen molar-refractivity contribution in [1.82, 2.24) is 9.88 Å². The summed E-state index contributed by atoms with van der Waals surface area (Å²) in [6.45, 7) is 6.45. The number of unbranched alkanes of at least 4 members (excludes halogenated alkanes) is 1. The van der Waals surface area contributed by atoms with Crippen molar-refractivity contribution in [2.45, 2.75) is 32.7 Å². The monoisotopic (exact) mass is 333 g/mol. The van der Waals surface area contributed by atoms with Crippen molar-refractivity contribution in [3.63, 3.8) is 0 Å². The van der Waals surface area contributed by atoms with Crippen LogP contribution in [-0.2, 0) is 0 Å². The van der Waals surface area contributed by atoms with E-state index in [1.807, 2.05) is 6.07 Å². The van der Waals surface area contributed by atoms with Gasteiger partial charge in [0.25, 0.3) is 0 Å². The highest BCUT2D eigenvalue weighted by Gasteiger charge is 2.03. The van der Waals surface area contributed by atoms with Gasteiger partial charge in [0.15, 0.2) is 0 Å². The molecule has 1 aromatic rings. The molecule has 0 aromatic carbocycles. The molecule has 0 unspecified atom stereocenters. The summed E-state index contributed by atoms with van der Waals surface area (Å²) < 4.78 is 0.900. The highest BCUT2D eigenvalue weighted by atomic mass is 79.9. The van der Waals surface area contributed by atoms with Gasteiger partial charge in [-0.25, -0.2) is 4.98 Å². The van der Waals surface area contributed by atoms with Gasteiger partial charge in [-0.2, -0.15) is 0 Å². The van der Waals surface area contributed by atoms with E-state index in [4.69, 9.17) is 11.6 Å². The van der Waals surface area contributed by atoms with Crippen LogP contribution in [0.15, 0.2) is 16.7 Å². The molecule has 0 fully saturated rings. The lowest BCUT2D eigenvalue weighted by Gasteiger charge is -2.20. The topological polar surface area (TPSA) is 28.2 Å². The summed E-state index contributed by atoms with van der Waals surface area (Å²) in [5, 5.41) is 3.92. The molecule has 0 atom stereocenters. The molecule has 0 aliphatic rings. The van der Waals surface area contributed by atoms with E-state index >= 15 is 0 Å². The van der Waals surface area contributed by atoms with Gasteiger partial charge < -0.3 is 10.2 Å². The number of hydrogen-bond donors (Lipinski definition) is 1. The molecular weight excluding hydrogens is 314 g/mol. The molecule has 0 saturated carbocycles. The minimum Gasteiger partial charge on any atom is -0.369 e. The van der Waals surface area contributed by atoms with Crippen molar-refractivity contribution in [2.24, 2.45) is 0 Å². The number of rotatable bonds is 7. The van der Waals surface area contributed by atoms with E-state index in [2.05, 4.69) is 52.0 Å². The van der Waals surface area contributed by atoms with E-state index in [1.54, 1.807) is 6.20 Å². The minimum absolute atomic E-state index is 0.612. The molecule has 1 heterocycles. The first-order valence-corrected chi connectivity index (χ1v) is 7.43. The van der Waals surface area contributed by atoms with Gasteiger partial charge in [0.05, 0.1) is 5.02 Å². The lowest BCUT2D eigenvalue weighted by molar-refractivity contribution is 0.269. The summed E-state index contributed by atoms with van der Waals surface area (Å²) in [6.07, 6.45) is 4.04. The third-order valence-electron chi connectivity index (χ3n) is 2.92. The standard InChI is InChI=1S/C13H21BrClN3/c1-10(2)18(3)7-5-4-6-16-13-12(15)8-11(14)9-17-13/h8-10H,4-7H2,1-3H3,(H,16,17). The maximum Gasteiger partial charge on any atom is 0.144 e. The highest BCUT2D eigenvalue weighted by Crippen LogP contribution is 2.22. The van der Waals surface area contributed by atoms with E-state index in [9.17, 15) is 0 Å². The van der Waals surface area contributed by atoms with Crippen LogP contribution < -0.4 is 5.32 Å². The fourth-order valence-corrected chi connectivity index (χ4v) is 2.19. The fourth-order valence-electron chi connectivity index (χ4n) is 1.50. The first kappa shape index (κ1) is 15.7. The lowest BCUT2D eigenvalue weighted by Crippen LogP contribution is -2.27. The van der Waals surface area contributed by atoms with E-state index in [0.29, 0.717) is 11.1 Å². The Morgan fingerprint density at radius 1 is 1.44 bits per heavy atom. The van der Waals surface area contributed by atoms with Gasteiger partial charge in [-0.1, -0.05) is 11.6 Å². The predicted molar refractivity (Wildman–Crippen MR) is 82.4 cm³/mol. The van der Waals surface area contributed by atoms with Crippen LogP contribution in [0.2, 0.25) is 5.02 Å². The Morgan fingerprint density at radius 3 is 2.78 bits per heavy atom. The number of pyridine rings is 1. The van der Waals surface area contributed by atoms with E-state index in [0.717, 1.165) is 29.8 Å². The van der Waals surface area contributed by atoms with Gasteiger partial charge in [0.2, 0.25) is 0 Å². The third kappa shape index (κ3) is 5.55. The molecule has 1 rings (SSSR count). The Balaban J connectivity index is 2.22. The molecule has 3 nitrogen and oxygen atoms in total. The normalized spacial score (nSPS) is 11.3. The van der Waals surface area contributed by atoms with Crippen LogP contribution in [-0.4, -0.2) is 36.1 Å². The van der Waals surface area contributed by atoms with Crippen molar-refractivity contribution in [1.29, 1.82) is 0 Å². The number of nitrogens with zero attached hydrogens (tertiary/aromatic N) is 2. The van der Waals surface area contributed by atoms with Crippen molar-refractivity contribution in [3.8, 4) is 0 Å². The van der Waals surface area contributed by atoms with Crippen LogP contribution in [0.25, 0.3) is 0 Å². The third-order valence-corrected chi connectivity index (χ3v) is 3.64. The summed E-state index contributed by atoms with van der Waals surface area (Å²) in [4.78, 5) is 6.59. The molecule has 0 bridgehead atoms. The lowest BCUT2D eigenvalue weighted by atomic mass is 10.2. The Labute approximate surface area is 123 Å². The zero-order valence-corrected chi connectivity index (χ0v) is 13.6. The van der Waals surface area contributed by atoms with Crippen molar-refractivity contribution < 1.29 is 0 Å². The molecule has 5 heteroatoms. The first-order chi connectivity index (χ1) is 8.50. The van der Waals surface area contributed by atoms with Gasteiger partial charge >= 0.3 is 0 Å². The smallest absolute Gasteiger partial charge is 0.144 e. The molecule has 0 aliphatic heterocycles. The van der Waals surface area contributed by atoms with Crippen LogP contribution in [0.1, 0.15) is 26.7 Å². The number of halogens is 2. The van der Waals surface area contributed by atoms with Gasteiger partial charge in [0.1, 0.15) is 5.82 Å². The van der Waals surface area contributed by atoms with E-state index < -0.39 is 0 Å². The van der Waals surface area contributed by atoms with E-state index in [1.165, 1.54) is 6.42 Å². The SMILES string of the molecule is CC(C)N(C)CCCCNc1ncc(Br)cc1Cl. The zero-order chi connectivity index (χ0) is 13.5. The molecule has 0 radical (unpaired) electrons. The molecule has 0 spiro atoms. The molecule has 18 heavy (non-hydrogen) atoms. The summed E-state index contributed by atoms with van der Waals surface area (Å²) in [7, 11) is 2.16. The largest absolute Gasteiger partial charge is 0.369 e. The molecule has 1 N–H and O–H groups in total. The average molecular weight is 335 g/mol. The van der Waals surface area contributed by atoms with Crippen LogP contribution >= 0.6 is 27.5 Å². The minimum atomic E-state index is 0.612. The quantitative estimate of drug-likeness (QED) is 0.763. The van der Waals surface area contributed by atoms with Gasteiger partial charge in [0, 0.05) is 23.3 Å². The second-order valence-corrected chi connectivity index (χ2v) is 6.02. The van der Waals surface area contributed by atoms with Crippen molar-refractivity contribution >= 4 is 33.3 Å². The van der Waals surface area contributed by atoms with Gasteiger partial charge in [-0.3, -0.25) is 0 Å². The second kappa shape index (κ2) is 7.97. The Bertz CT molecular complexity index is 371. The number of anilines is 1. The molecule has 0 saturated heterocycles. The maximum absolute atomic E-state index is 6.07. The maximum atomic E-state index is 6.07. The fraction of sp³-hybridized carbons (Fsp3) is 0.615. The zero-order valence-electron chi connectivity index (χ0n) is 11.2. The number of hydrogen-bond acceptors (Lipinski definition) is 3. The average Bonchev–Trinajstić information content (AvgIpc) is 2.30. The van der Waals surface area contributed by atoms with Crippen LogP contribution in [0.3, 0.4) is 0 Å². The summed E-state index contributed by atoms with van der Waals surface area (Å²) in [5.41, 5.74) is 0. The Hall–Kier alpha value is -0.320. The van der Waals surface area contributed by atoms with E-state index in [-0.39, 0.29) is 0 Å². The molecule has 0 aliphatic carbocycles. The van der Waals surface area contributed by atoms with Crippen molar-refractivity contribution in [3.05, 3.63) is 21.8 Å². The van der Waals surface area contributed by atoms with Gasteiger partial charge in [-0.05, 0) is 62.3 Å². The summed E-state index contributed by atoms with van der Waals surface area (Å²) in [6, 6.07) is 2.46. The predicted octanol–water partition coefficient (Wildman–Crippen LogP) is 4.03. The summed E-state index contributed by atoms with van der Waals surface area (Å²) >= 11 is 9.41. The number of aromatic nitrogens is 1. The Kier molecular flexibility index (Phi) is 6.97. The van der Waals surface area contributed by atoms with Crippen LogP contribution in [0, 0.1) is 0 Å². The van der Waals surface area contributed by atoms with Crippen LogP contribution in [0.5, 0.6) is 0 Å². The van der Waals surface area contributed by atoms with Gasteiger partial charge in [-0.15, -0.1) is 0 Å².